The Morgan fingerprint density at radius 1 is 0.860 bits per heavy atom. The maximum absolute atomic E-state index is 13.0. The number of carboxylic acids is 1. The summed E-state index contributed by atoms with van der Waals surface area (Å²) in [6.07, 6.45) is -2.88. The molecular weight excluding hydrogens is 674 g/mol. The Labute approximate surface area is 282 Å². The smallest absolute Gasteiger partial charge is 0.490 e. The number of carbonyl (C=O) groups is 2. The molecule has 0 radical (unpaired) electrons. The molecule has 6 rings (SSSR count). The third-order valence-corrected chi connectivity index (χ3v) is 8.21. The molecule has 10 nitrogen and oxygen atoms in total. The van der Waals surface area contributed by atoms with Crippen molar-refractivity contribution in [2.75, 3.05) is 31.1 Å². The second-order valence-corrected chi connectivity index (χ2v) is 11.8. The number of furan rings is 1. The van der Waals surface area contributed by atoms with Gasteiger partial charge in [0.15, 0.2) is 5.76 Å². The number of carbonyl (C=O) groups excluding carboxylic acids is 1. The van der Waals surface area contributed by atoms with Gasteiger partial charge in [-0.3, -0.25) is 14.7 Å². The average molecular weight is 709 g/mol. The summed E-state index contributed by atoms with van der Waals surface area (Å²) in [6.45, 7) is 4.14. The summed E-state index contributed by atoms with van der Waals surface area (Å²) in [6, 6.07) is 17.4. The van der Waals surface area contributed by atoms with Crippen molar-refractivity contribution in [3.05, 3.63) is 84.4 Å². The summed E-state index contributed by atoms with van der Waals surface area (Å²) in [5.41, 5.74) is 2.70. The lowest BCUT2D eigenvalue weighted by molar-refractivity contribution is -0.274. The molecule has 268 valence electrons. The lowest BCUT2D eigenvalue weighted by Crippen LogP contribution is -2.44. The number of likely N-dealkylation sites (tertiary alicyclic amines) is 1. The number of nitrogens with zero attached hydrogens (tertiary/aromatic N) is 3. The van der Waals surface area contributed by atoms with Gasteiger partial charge in [-0.25, -0.2) is 4.79 Å². The number of carboxylic acid groups (broad SMARTS) is 1. The number of aliphatic carboxylic acids is 1. The van der Waals surface area contributed by atoms with Crippen LogP contribution in [0.25, 0.3) is 11.0 Å². The summed E-state index contributed by atoms with van der Waals surface area (Å²) in [5, 5.41) is 11.1. The summed E-state index contributed by atoms with van der Waals surface area (Å²) in [5.74, 6) is -2.22. The molecule has 2 fully saturated rings. The molecule has 4 aromatic rings. The van der Waals surface area contributed by atoms with E-state index in [4.69, 9.17) is 19.1 Å². The number of rotatable bonds is 8. The van der Waals surface area contributed by atoms with Crippen molar-refractivity contribution in [1.29, 1.82) is 0 Å². The van der Waals surface area contributed by atoms with Crippen LogP contribution in [-0.4, -0.2) is 77.7 Å². The summed E-state index contributed by atoms with van der Waals surface area (Å²) in [7, 11) is 0. The van der Waals surface area contributed by atoms with Crippen molar-refractivity contribution in [1.82, 2.24) is 15.2 Å². The predicted molar refractivity (Wildman–Crippen MR) is 169 cm³/mol. The third kappa shape index (κ3) is 10.5. The Balaban J connectivity index is 0.000000630. The van der Waals surface area contributed by atoms with Crippen LogP contribution in [0.3, 0.4) is 0 Å². The standard InChI is InChI=1S/C32H33F3N4O4.C2HF3O2/c33-32(34,35)43-27-3-1-25(2-4-27)39-17-11-26(12-18-39)41-28-5-6-29-23(19-28)20-30(42-29)31(40)37-24-9-15-38(16-10-24)21-22-7-13-36-14-8-22;3-2(4,5)1(6)7/h1-8,13-14,19-20,24,26H,9-12,15-18,21H2,(H,37,40);(H,6,7). The number of pyridine rings is 1. The van der Waals surface area contributed by atoms with E-state index in [-0.39, 0.29) is 29.6 Å². The number of fused-ring (bicyclic) bond motifs is 1. The number of hydrogen-bond donors (Lipinski definition) is 2. The van der Waals surface area contributed by atoms with Crippen LogP contribution in [0.4, 0.5) is 32.0 Å². The van der Waals surface area contributed by atoms with Crippen molar-refractivity contribution in [2.45, 2.75) is 56.9 Å². The molecular formula is C34H34F6N4O6. The van der Waals surface area contributed by atoms with E-state index in [2.05, 4.69) is 24.8 Å². The highest BCUT2D eigenvalue weighted by molar-refractivity contribution is 5.96. The largest absolute Gasteiger partial charge is 0.573 e. The Hall–Kier alpha value is -4.99. The van der Waals surface area contributed by atoms with E-state index < -0.39 is 18.5 Å². The Bertz CT molecular complexity index is 1720. The van der Waals surface area contributed by atoms with Crippen LogP contribution in [-0.2, 0) is 11.3 Å². The van der Waals surface area contributed by atoms with Crippen LogP contribution >= 0.6 is 0 Å². The van der Waals surface area contributed by atoms with Crippen LogP contribution in [0.1, 0.15) is 41.8 Å². The monoisotopic (exact) mass is 708 g/mol. The molecule has 2 saturated heterocycles. The molecule has 0 saturated carbocycles. The molecule has 0 spiro atoms. The number of aromatic nitrogens is 1. The van der Waals surface area contributed by atoms with Gasteiger partial charge in [-0.2, -0.15) is 13.2 Å². The minimum Gasteiger partial charge on any atom is -0.490 e. The van der Waals surface area contributed by atoms with E-state index in [1.54, 1.807) is 18.2 Å². The maximum Gasteiger partial charge on any atom is 0.573 e. The number of halogens is 6. The highest BCUT2D eigenvalue weighted by atomic mass is 19.4. The third-order valence-electron chi connectivity index (χ3n) is 8.21. The molecule has 2 aliphatic rings. The van der Waals surface area contributed by atoms with Gasteiger partial charge in [0.25, 0.3) is 5.91 Å². The molecule has 4 heterocycles. The first-order chi connectivity index (χ1) is 23.7. The molecule has 2 N–H and O–H groups in total. The van der Waals surface area contributed by atoms with Gasteiger partial charge in [-0.1, -0.05) is 0 Å². The summed E-state index contributed by atoms with van der Waals surface area (Å²) < 4.78 is 85.0. The number of amides is 1. The SMILES string of the molecule is O=C(NC1CCN(Cc2ccncc2)CC1)c1cc2cc(OC3CCN(c4ccc(OC(F)(F)F)cc4)CC3)ccc2o1.O=C(O)C(F)(F)F. The number of anilines is 1. The van der Waals surface area contributed by atoms with Crippen LogP contribution in [0, 0.1) is 0 Å². The maximum atomic E-state index is 13.0. The first kappa shape index (κ1) is 36.3. The summed E-state index contributed by atoms with van der Waals surface area (Å²) in [4.78, 5) is 30.4. The van der Waals surface area contributed by atoms with Gasteiger partial charge in [-0.15, -0.1) is 13.2 Å². The van der Waals surface area contributed by atoms with E-state index in [0.29, 0.717) is 24.4 Å². The van der Waals surface area contributed by atoms with Crippen molar-refractivity contribution >= 4 is 28.5 Å². The Morgan fingerprint density at radius 2 is 1.48 bits per heavy atom. The molecule has 2 aromatic heterocycles. The average Bonchev–Trinajstić information content (AvgIpc) is 3.50. The van der Waals surface area contributed by atoms with E-state index in [9.17, 15) is 31.1 Å². The van der Waals surface area contributed by atoms with E-state index >= 15 is 0 Å². The van der Waals surface area contributed by atoms with Gasteiger partial charge in [-0.05, 0) is 79.1 Å². The second kappa shape index (κ2) is 15.7. The van der Waals surface area contributed by atoms with Crippen molar-refractivity contribution in [2.24, 2.45) is 0 Å². The number of benzene rings is 2. The van der Waals surface area contributed by atoms with Crippen LogP contribution < -0.4 is 19.7 Å². The van der Waals surface area contributed by atoms with Gasteiger partial charge in [0.05, 0.1) is 0 Å². The highest BCUT2D eigenvalue weighted by Crippen LogP contribution is 2.30. The lowest BCUT2D eigenvalue weighted by atomic mass is 10.0. The zero-order valence-electron chi connectivity index (χ0n) is 26.5. The van der Waals surface area contributed by atoms with Gasteiger partial charge in [0, 0.05) is 75.1 Å². The summed E-state index contributed by atoms with van der Waals surface area (Å²) >= 11 is 0. The molecule has 0 unspecified atom stereocenters. The predicted octanol–water partition coefficient (Wildman–Crippen LogP) is 6.80. The fourth-order valence-corrected chi connectivity index (χ4v) is 5.73. The number of hydrogen-bond acceptors (Lipinski definition) is 8. The second-order valence-electron chi connectivity index (χ2n) is 11.8. The quantitative estimate of drug-likeness (QED) is 0.191. The first-order valence-corrected chi connectivity index (χ1v) is 15.7. The molecule has 1 amide bonds. The molecule has 0 bridgehead atoms. The zero-order valence-corrected chi connectivity index (χ0v) is 26.5. The van der Waals surface area contributed by atoms with Crippen molar-refractivity contribution in [3.63, 3.8) is 0 Å². The molecule has 0 atom stereocenters. The van der Waals surface area contributed by atoms with Crippen molar-refractivity contribution < 1.29 is 54.9 Å². The van der Waals surface area contributed by atoms with Gasteiger partial charge < -0.3 is 29.2 Å². The van der Waals surface area contributed by atoms with Crippen molar-refractivity contribution in [3.8, 4) is 11.5 Å². The van der Waals surface area contributed by atoms with Crippen LogP contribution in [0.2, 0.25) is 0 Å². The Kier molecular flexibility index (Phi) is 11.4. The van der Waals surface area contributed by atoms with E-state index in [1.165, 1.54) is 17.7 Å². The Morgan fingerprint density at radius 3 is 2.08 bits per heavy atom. The van der Waals surface area contributed by atoms with Gasteiger partial charge in [0.1, 0.15) is 23.2 Å². The first-order valence-electron chi connectivity index (χ1n) is 15.7. The van der Waals surface area contributed by atoms with Gasteiger partial charge >= 0.3 is 18.5 Å². The number of alkyl halides is 6. The van der Waals surface area contributed by atoms with E-state index in [1.807, 2.05) is 42.7 Å². The number of ether oxygens (including phenoxy) is 2. The number of nitrogens with one attached hydrogen (secondary N) is 1. The van der Waals surface area contributed by atoms with Crippen LogP contribution in [0.5, 0.6) is 11.5 Å². The molecule has 16 heteroatoms. The lowest BCUT2D eigenvalue weighted by Gasteiger charge is -2.33. The minimum absolute atomic E-state index is 0.000584. The van der Waals surface area contributed by atoms with E-state index in [0.717, 1.165) is 56.4 Å². The minimum atomic E-state index is -5.08. The molecule has 2 aliphatic heterocycles. The highest BCUT2D eigenvalue weighted by Gasteiger charge is 2.38. The molecule has 2 aromatic carbocycles. The normalized spacial score (nSPS) is 16.4. The van der Waals surface area contributed by atoms with Crippen LogP contribution in [0.15, 0.2) is 77.5 Å². The molecule has 50 heavy (non-hydrogen) atoms. The fraction of sp³-hybridized carbons (Fsp3) is 0.382. The van der Waals surface area contributed by atoms with Gasteiger partial charge in [0.2, 0.25) is 0 Å². The molecule has 0 aliphatic carbocycles. The number of piperidine rings is 2. The zero-order chi connectivity index (χ0) is 35.9. The topological polar surface area (TPSA) is 117 Å². The fourth-order valence-electron chi connectivity index (χ4n) is 5.73.